The minimum absolute atomic E-state index is 0.0300. The van der Waals surface area contributed by atoms with Gasteiger partial charge in [-0.05, 0) is 51.3 Å². The molecule has 3 N–H and O–H groups in total. The Bertz CT molecular complexity index is 894. The van der Waals surface area contributed by atoms with Gasteiger partial charge in [-0.3, -0.25) is 14.4 Å². The minimum atomic E-state index is -0.190. The number of rotatable bonds is 8. The summed E-state index contributed by atoms with van der Waals surface area (Å²) in [6.45, 7) is 4.44. The number of carbonyl (C=O) groups excluding carboxylic acids is 3. The molecule has 2 atom stereocenters. The summed E-state index contributed by atoms with van der Waals surface area (Å²) in [5.41, 5.74) is 1.07. The molecule has 2 aromatic rings. The highest BCUT2D eigenvalue weighted by atomic mass is 16.2. The maximum atomic E-state index is 12.8. The van der Waals surface area contributed by atoms with Gasteiger partial charge in [0.15, 0.2) is 0 Å². The third kappa shape index (κ3) is 6.94. The van der Waals surface area contributed by atoms with Gasteiger partial charge in [0, 0.05) is 54.6 Å². The Morgan fingerprint density at radius 1 is 1.23 bits per heavy atom. The van der Waals surface area contributed by atoms with Crippen LogP contribution >= 0.6 is 0 Å². The predicted molar refractivity (Wildman–Crippen MR) is 118 cm³/mol. The topological polar surface area (TPSA) is 105 Å². The largest absolute Gasteiger partial charge is 0.354 e. The van der Waals surface area contributed by atoms with E-state index >= 15 is 0 Å². The zero-order valence-electron chi connectivity index (χ0n) is 18.1. The van der Waals surface area contributed by atoms with Crippen molar-refractivity contribution in [2.24, 2.45) is 5.92 Å². The molecule has 1 fully saturated rings. The van der Waals surface area contributed by atoms with Gasteiger partial charge in [0.1, 0.15) is 0 Å². The number of benzene rings is 1. The van der Waals surface area contributed by atoms with E-state index in [0.29, 0.717) is 30.6 Å². The molecule has 0 saturated heterocycles. The Morgan fingerprint density at radius 2 is 2.06 bits per heavy atom. The summed E-state index contributed by atoms with van der Waals surface area (Å²) >= 11 is 0. The van der Waals surface area contributed by atoms with E-state index in [0.717, 1.165) is 19.3 Å². The lowest BCUT2D eigenvalue weighted by Crippen LogP contribution is -2.43. The van der Waals surface area contributed by atoms with Crippen molar-refractivity contribution in [1.29, 1.82) is 0 Å². The van der Waals surface area contributed by atoms with Crippen molar-refractivity contribution in [3.05, 3.63) is 48.5 Å². The molecule has 0 bridgehead atoms. The fourth-order valence-corrected chi connectivity index (χ4v) is 3.84. The fourth-order valence-electron chi connectivity index (χ4n) is 3.84. The van der Waals surface area contributed by atoms with Crippen LogP contribution in [-0.2, 0) is 16.1 Å². The number of imidazole rings is 1. The molecular weight excluding hydrogens is 394 g/mol. The fraction of sp³-hybridized carbons (Fsp3) is 0.478. The van der Waals surface area contributed by atoms with Gasteiger partial charge >= 0.3 is 0 Å². The first-order valence-electron chi connectivity index (χ1n) is 10.9. The van der Waals surface area contributed by atoms with Crippen LogP contribution in [0.3, 0.4) is 0 Å². The predicted octanol–water partition coefficient (Wildman–Crippen LogP) is 2.73. The van der Waals surface area contributed by atoms with Gasteiger partial charge in [-0.15, -0.1) is 0 Å². The number of anilines is 1. The van der Waals surface area contributed by atoms with Crippen LogP contribution in [0.1, 0.15) is 56.3 Å². The number of nitrogens with zero attached hydrogens (tertiary/aromatic N) is 2. The first kappa shape index (κ1) is 22.5. The molecule has 3 rings (SSSR count). The number of carbonyl (C=O) groups is 3. The van der Waals surface area contributed by atoms with Crippen molar-refractivity contribution in [3.63, 3.8) is 0 Å². The van der Waals surface area contributed by atoms with Crippen molar-refractivity contribution >= 4 is 23.4 Å². The average molecular weight is 426 g/mol. The van der Waals surface area contributed by atoms with Crippen molar-refractivity contribution in [2.45, 2.75) is 64.6 Å². The van der Waals surface area contributed by atoms with Gasteiger partial charge in [0.25, 0.3) is 5.91 Å². The number of hydrogen-bond acceptors (Lipinski definition) is 4. The molecule has 31 heavy (non-hydrogen) atoms. The molecular formula is C23H31N5O3. The number of aromatic nitrogens is 2. The van der Waals surface area contributed by atoms with Gasteiger partial charge in [-0.2, -0.15) is 0 Å². The lowest BCUT2D eigenvalue weighted by Gasteiger charge is -2.29. The van der Waals surface area contributed by atoms with Crippen LogP contribution in [0.5, 0.6) is 0 Å². The smallest absolute Gasteiger partial charge is 0.251 e. The zero-order chi connectivity index (χ0) is 22.2. The highest BCUT2D eigenvalue weighted by Crippen LogP contribution is 2.25. The normalized spacial score (nSPS) is 18.4. The van der Waals surface area contributed by atoms with E-state index in [9.17, 15) is 14.4 Å². The van der Waals surface area contributed by atoms with E-state index in [4.69, 9.17) is 0 Å². The molecule has 8 heteroatoms. The summed E-state index contributed by atoms with van der Waals surface area (Å²) in [7, 11) is 0. The van der Waals surface area contributed by atoms with Crippen LogP contribution < -0.4 is 16.0 Å². The van der Waals surface area contributed by atoms with E-state index in [1.165, 1.54) is 0 Å². The molecule has 166 valence electrons. The van der Waals surface area contributed by atoms with Crippen molar-refractivity contribution in [2.75, 3.05) is 5.32 Å². The molecule has 1 aromatic carbocycles. The molecule has 1 saturated carbocycles. The molecule has 0 aliphatic heterocycles. The van der Waals surface area contributed by atoms with E-state index in [2.05, 4.69) is 20.9 Å². The van der Waals surface area contributed by atoms with Gasteiger partial charge in [-0.25, -0.2) is 4.98 Å². The van der Waals surface area contributed by atoms with Gasteiger partial charge < -0.3 is 20.5 Å². The second-order valence-electron chi connectivity index (χ2n) is 8.38. The third-order valence-electron chi connectivity index (χ3n) is 5.38. The summed E-state index contributed by atoms with van der Waals surface area (Å²) in [5.74, 6) is -0.320. The van der Waals surface area contributed by atoms with Crippen LogP contribution in [0.2, 0.25) is 0 Å². The van der Waals surface area contributed by atoms with Crippen molar-refractivity contribution in [3.8, 4) is 0 Å². The second-order valence-corrected chi connectivity index (χ2v) is 8.38. The highest BCUT2D eigenvalue weighted by molar-refractivity contribution is 5.97. The second kappa shape index (κ2) is 10.7. The SMILES string of the molecule is CC(C)NC(=O)C1CCCC(NC(=O)c2cccc(NC(=O)CCn3ccnc3)c2)C1. The molecule has 8 nitrogen and oxygen atoms in total. The molecule has 0 radical (unpaired) electrons. The molecule has 1 aromatic heterocycles. The number of aryl methyl sites for hydroxylation is 1. The maximum Gasteiger partial charge on any atom is 0.251 e. The van der Waals surface area contributed by atoms with Crippen molar-refractivity contribution in [1.82, 2.24) is 20.2 Å². The van der Waals surface area contributed by atoms with Crippen LogP contribution in [0.15, 0.2) is 43.0 Å². The lowest BCUT2D eigenvalue weighted by molar-refractivity contribution is -0.126. The monoisotopic (exact) mass is 425 g/mol. The van der Waals surface area contributed by atoms with E-state index in [1.807, 2.05) is 18.4 Å². The van der Waals surface area contributed by atoms with Crippen molar-refractivity contribution < 1.29 is 14.4 Å². The highest BCUT2D eigenvalue weighted by Gasteiger charge is 2.28. The Morgan fingerprint density at radius 3 is 2.81 bits per heavy atom. The minimum Gasteiger partial charge on any atom is -0.354 e. The zero-order valence-corrected chi connectivity index (χ0v) is 18.1. The molecule has 1 aliphatic carbocycles. The average Bonchev–Trinajstić information content (AvgIpc) is 3.26. The Balaban J connectivity index is 1.52. The summed E-state index contributed by atoms with van der Waals surface area (Å²) in [6.07, 6.45) is 8.73. The standard InChI is InChI=1S/C23H31N5O3/c1-16(2)25-22(30)17-5-4-8-20(14-17)27-23(31)18-6-3-7-19(13-18)26-21(29)9-11-28-12-10-24-15-28/h3,6-7,10,12-13,15-17,20H,4-5,8-9,11,14H2,1-2H3,(H,25,30)(H,26,29)(H,27,31). The quantitative estimate of drug-likeness (QED) is 0.605. The molecule has 0 spiro atoms. The van der Waals surface area contributed by atoms with Gasteiger partial charge in [0.05, 0.1) is 6.33 Å². The third-order valence-corrected chi connectivity index (χ3v) is 5.38. The Kier molecular flexibility index (Phi) is 7.81. The van der Waals surface area contributed by atoms with Gasteiger partial charge in [0.2, 0.25) is 11.8 Å². The summed E-state index contributed by atoms with van der Waals surface area (Å²) in [6, 6.07) is 7.00. The summed E-state index contributed by atoms with van der Waals surface area (Å²) < 4.78 is 1.84. The molecule has 1 aliphatic rings. The van der Waals surface area contributed by atoms with E-state index < -0.39 is 0 Å². The summed E-state index contributed by atoms with van der Waals surface area (Å²) in [4.78, 5) is 41.2. The Hall–Kier alpha value is -3.16. The first-order valence-corrected chi connectivity index (χ1v) is 10.9. The number of hydrogen-bond donors (Lipinski definition) is 3. The molecule has 3 amide bonds. The number of amides is 3. The van der Waals surface area contributed by atoms with Crippen LogP contribution in [-0.4, -0.2) is 39.4 Å². The molecule has 2 unspecified atom stereocenters. The maximum absolute atomic E-state index is 12.8. The van der Waals surface area contributed by atoms with Crippen LogP contribution in [0.4, 0.5) is 5.69 Å². The van der Waals surface area contributed by atoms with E-state index in [1.54, 1.807) is 43.0 Å². The lowest BCUT2D eigenvalue weighted by atomic mass is 9.85. The summed E-state index contributed by atoms with van der Waals surface area (Å²) in [5, 5.41) is 8.86. The number of nitrogens with one attached hydrogen (secondary N) is 3. The van der Waals surface area contributed by atoms with Crippen LogP contribution in [0.25, 0.3) is 0 Å². The van der Waals surface area contributed by atoms with Crippen LogP contribution in [0, 0.1) is 5.92 Å². The van der Waals surface area contributed by atoms with Gasteiger partial charge in [-0.1, -0.05) is 12.5 Å². The van der Waals surface area contributed by atoms with E-state index in [-0.39, 0.29) is 35.7 Å². The first-order chi connectivity index (χ1) is 14.9. The molecule has 1 heterocycles. The Labute approximate surface area is 182 Å².